The predicted molar refractivity (Wildman–Crippen MR) is 56.4 cm³/mol. The molecule has 1 atom stereocenters. The summed E-state index contributed by atoms with van der Waals surface area (Å²) in [4.78, 5) is 3.00. The lowest BCUT2D eigenvalue weighted by Gasteiger charge is -2.13. The van der Waals surface area contributed by atoms with E-state index in [1.807, 2.05) is 18.4 Å². The molecule has 0 saturated carbocycles. The number of methoxy groups -OCH3 is 1. The molecule has 1 aliphatic heterocycles. The van der Waals surface area contributed by atoms with E-state index in [0.29, 0.717) is 6.10 Å². The van der Waals surface area contributed by atoms with Gasteiger partial charge in [0.1, 0.15) is 0 Å². The number of ether oxygens (including phenoxy) is 1. The third-order valence-corrected chi connectivity index (χ3v) is 3.95. The maximum atomic E-state index is 5.44. The highest BCUT2D eigenvalue weighted by molar-refractivity contribution is 7.12. The Balaban J connectivity index is 2.11. The van der Waals surface area contributed by atoms with Gasteiger partial charge in [-0.15, -0.1) is 11.3 Å². The summed E-state index contributed by atoms with van der Waals surface area (Å²) in [5.41, 5.74) is 1.54. The van der Waals surface area contributed by atoms with Crippen molar-refractivity contribution in [2.24, 2.45) is 0 Å². The SMILES string of the molecule is CCCCc1cc2sc1C(OC)C2. The average Bonchev–Trinajstić information content (AvgIpc) is 2.72. The minimum atomic E-state index is 0.386. The number of thiophene rings is 1. The number of hydrogen-bond acceptors (Lipinski definition) is 2. The summed E-state index contributed by atoms with van der Waals surface area (Å²) in [5, 5.41) is 0. The highest BCUT2D eigenvalue weighted by Crippen LogP contribution is 2.41. The molecule has 0 saturated heterocycles. The lowest BCUT2D eigenvalue weighted by atomic mass is 10.00. The lowest BCUT2D eigenvalue weighted by molar-refractivity contribution is 0.107. The molecule has 0 N–H and O–H groups in total. The van der Waals surface area contributed by atoms with Crippen LogP contribution in [0, 0.1) is 0 Å². The second kappa shape index (κ2) is 3.81. The zero-order chi connectivity index (χ0) is 9.26. The first-order valence-corrected chi connectivity index (χ1v) is 5.81. The first-order chi connectivity index (χ1) is 6.35. The Bertz CT molecular complexity index is 290. The number of aryl methyl sites for hydroxylation is 1. The van der Waals surface area contributed by atoms with Crippen molar-refractivity contribution >= 4 is 11.3 Å². The predicted octanol–water partition coefficient (Wildman–Crippen LogP) is 3.33. The molecule has 2 rings (SSSR count). The van der Waals surface area contributed by atoms with Gasteiger partial charge in [-0.2, -0.15) is 0 Å². The van der Waals surface area contributed by atoms with Crippen molar-refractivity contribution in [1.82, 2.24) is 0 Å². The molecule has 2 heterocycles. The van der Waals surface area contributed by atoms with Gasteiger partial charge in [-0.25, -0.2) is 0 Å². The van der Waals surface area contributed by atoms with Gasteiger partial charge >= 0.3 is 0 Å². The van der Waals surface area contributed by atoms with Crippen LogP contribution >= 0.6 is 11.3 Å². The van der Waals surface area contributed by atoms with E-state index in [9.17, 15) is 0 Å². The molecular weight excluding hydrogens is 180 g/mol. The Labute approximate surface area is 83.7 Å². The van der Waals surface area contributed by atoms with Crippen molar-refractivity contribution in [2.75, 3.05) is 7.11 Å². The Kier molecular flexibility index (Phi) is 2.70. The van der Waals surface area contributed by atoms with E-state index in [4.69, 9.17) is 4.74 Å². The highest BCUT2D eigenvalue weighted by atomic mass is 32.1. The molecule has 1 nitrogen and oxygen atoms in total. The van der Waals surface area contributed by atoms with E-state index >= 15 is 0 Å². The van der Waals surface area contributed by atoms with E-state index < -0.39 is 0 Å². The molecule has 72 valence electrons. The van der Waals surface area contributed by atoms with E-state index in [1.165, 1.54) is 29.0 Å². The fraction of sp³-hybridized carbons (Fsp3) is 0.636. The monoisotopic (exact) mass is 196 g/mol. The quantitative estimate of drug-likeness (QED) is 0.717. The fourth-order valence-electron chi connectivity index (χ4n) is 1.90. The summed E-state index contributed by atoms with van der Waals surface area (Å²) in [6.07, 6.45) is 5.33. The molecule has 0 fully saturated rings. The zero-order valence-corrected chi connectivity index (χ0v) is 9.12. The maximum Gasteiger partial charge on any atom is 0.0963 e. The summed E-state index contributed by atoms with van der Waals surface area (Å²) in [5.74, 6) is 0. The summed E-state index contributed by atoms with van der Waals surface area (Å²) in [6.45, 7) is 2.24. The fourth-order valence-corrected chi connectivity index (χ4v) is 3.22. The van der Waals surface area contributed by atoms with Gasteiger partial charge in [0.25, 0.3) is 0 Å². The van der Waals surface area contributed by atoms with Crippen LogP contribution in [0.2, 0.25) is 0 Å². The minimum absolute atomic E-state index is 0.386. The number of hydrogen-bond donors (Lipinski definition) is 0. The highest BCUT2D eigenvalue weighted by Gasteiger charge is 2.25. The topological polar surface area (TPSA) is 9.23 Å². The third-order valence-electron chi connectivity index (χ3n) is 2.66. The van der Waals surface area contributed by atoms with Crippen LogP contribution in [0.5, 0.6) is 0 Å². The number of unbranched alkanes of at least 4 members (excludes halogenated alkanes) is 1. The third kappa shape index (κ3) is 1.65. The van der Waals surface area contributed by atoms with Crippen molar-refractivity contribution in [3.05, 3.63) is 21.4 Å². The van der Waals surface area contributed by atoms with Crippen molar-refractivity contribution in [2.45, 2.75) is 38.7 Å². The normalized spacial score (nSPS) is 19.7. The van der Waals surface area contributed by atoms with Gasteiger partial charge < -0.3 is 4.74 Å². The Morgan fingerprint density at radius 2 is 2.46 bits per heavy atom. The molecule has 0 amide bonds. The van der Waals surface area contributed by atoms with Crippen molar-refractivity contribution in [1.29, 1.82) is 0 Å². The molecule has 1 aliphatic rings. The van der Waals surface area contributed by atoms with Crippen LogP contribution < -0.4 is 0 Å². The van der Waals surface area contributed by atoms with E-state index in [-0.39, 0.29) is 0 Å². The Hall–Kier alpha value is -0.340. The summed E-state index contributed by atoms with van der Waals surface area (Å²) in [7, 11) is 1.82. The number of fused-ring (bicyclic) bond motifs is 2. The molecule has 2 heteroatoms. The minimum Gasteiger partial charge on any atom is -0.376 e. The largest absolute Gasteiger partial charge is 0.376 e. The Morgan fingerprint density at radius 3 is 3.08 bits per heavy atom. The van der Waals surface area contributed by atoms with Gasteiger partial charge in [-0.3, -0.25) is 0 Å². The van der Waals surface area contributed by atoms with Gasteiger partial charge in [0, 0.05) is 23.3 Å². The molecule has 1 aromatic rings. The van der Waals surface area contributed by atoms with Crippen LogP contribution in [0.15, 0.2) is 6.07 Å². The first kappa shape index (κ1) is 9.22. The molecular formula is C11H16OS. The van der Waals surface area contributed by atoms with Crippen molar-refractivity contribution < 1.29 is 4.74 Å². The van der Waals surface area contributed by atoms with Crippen LogP contribution in [0.4, 0.5) is 0 Å². The molecule has 1 aromatic heterocycles. The van der Waals surface area contributed by atoms with Crippen LogP contribution in [0.1, 0.15) is 41.2 Å². The average molecular weight is 196 g/mol. The molecule has 0 aromatic carbocycles. The van der Waals surface area contributed by atoms with Crippen LogP contribution in [-0.2, 0) is 17.6 Å². The standard InChI is InChI=1S/C11H16OS/c1-3-4-5-8-6-9-7-10(12-2)11(8)13-9/h6,10H,3-5,7H2,1-2H3. The molecule has 0 aliphatic carbocycles. The number of rotatable bonds is 4. The molecule has 0 radical (unpaired) electrons. The van der Waals surface area contributed by atoms with E-state index in [1.54, 1.807) is 5.56 Å². The molecule has 2 bridgehead atoms. The van der Waals surface area contributed by atoms with Gasteiger partial charge in [0.15, 0.2) is 0 Å². The second-order valence-electron chi connectivity index (χ2n) is 3.63. The van der Waals surface area contributed by atoms with Crippen LogP contribution in [-0.4, -0.2) is 7.11 Å². The summed E-state index contributed by atoms with van der Waals surface area (Å²) >= 11 is 1.94. The second-order valence-corrected chi connectivity index (χ2v) is 4.80. The van der Waals surface area contributed by atoms with Crippen LogP contribution in [0.3, 0.4) is 0 Å². The maximum absolute atomic E-state index is 5.44. The van der Waals surface area contributed by atoms with Crippen LogP contribution in [0.25, 0.3) is 0 Å². The molecule has 13 heavy (non-hydrogen) atoms. The van der Waals surface area contributed by atoms with Gasteiger partial charge in [0.2, 0.25) is 0 Å². The van der Waals surface area contributed by atoms with E-state index in [0.717, 1.165) is 6.42 Å². The Morgan fingerprint density at radius 1 is 1.62 bits per heavy atom. The van der Waals surface area contributed by atoms with Crippen molar-refractivity contribution in [3.63, 3.8) is 0 Å². The smallest absolute Gasteiger partial charge is 0.0963 e. The first-order valence-electron chi connectivity index (χ1n) is 4.99. The van der Waals surface area contributed by atoms with Crippen molar-refractivity contribution in [3.8, 4) is 0 Å². The zero-order valence-electron chi connectivity index (χ0n) is 8.30. The molecule has 1 unspecified atom stereocenters. The lowest BCUT2D eigenvalue weighted by Crippen LogP contribution is -2.04. The molecule has 0 spiro atoms. The van der Waals surface area contributed by atoms with Gasteiger partial charge in [0.05, 0.1) is 6.10 Å². The van der Waals surface area contributed by atoms with E-state index in [2.05, 4.69) is 13.0 Å². The van der Waals surface area contributed by atoms with Gasteiger partial charge in [-0.1, -0.05) is 13.3 Å². The summed E-state index contributed by atoms with van der Waals surface area (Å²) < 4.78 is 5.44. The van der Waals surface area contributed by atoms with Gasteiger partial charge in [-0.05, 0) is 24.5 Å². The summed E-state index contributed by atoms with van der Waals surface area (Å²) in [6, 6.07) is 2.37.